The molecule has 2 aromatic carbocycles. The van der Waals surface area contributed by atoms with Gasteiger partial charge in [-0.1, -0.05) is 90.1 Å². The number of nitrogens with zero attached hydrogens (tertiary/aromatic N) is 1. The summed E-state index contributed by atoms with van der Waals surface area (Å²) in [5.41, 5.74) is 18.3. The first kappa shape index (κ1) is 89.8. The van der Waals surface area contributed by atoms with Gasteiger partial charge in [0.2, 0.25) is 82.7 Å². The van der Waals surface area contributed by atoms with Crippen LogP contribution in [0, 0.1) is 17.8 Å². The predicted octanol–water partition coefficient (Wildman–Crippen LogP) is -2.97. The molecule has 3 aromatic rings. The van der Waals surface area contributed by atoms with E-state index in [2.05, 4.69) is 63.5 Å². The topological polar surface area (TPSA) is 583 Å². The van der Waals surface area contributed by atoms with Gasteiger partial charge in [-0.2, -0.15) is 0 Å². The van der Waals surface area contributed by atoms with E-state index in [1.165, 1.54) is 4.90 Å². The summed E-state index contributed by atoms with van der Waals surface area (Å²) in [5, 5.41) is 69.0. The molecule has 1 fully saturated rings. The standard InChI is InChI=1S/C72H108N16O20/c1-37(2)29-49(65(101)82-52(33-43-35-76-45-20-13-12-19-44(43)45)68(104)78-46(21-14-15-27-73)62(98)80-50(30-38(3)4)66(102)85-54(31-39(5)6)72(108)88-28-16-22-56(88)61(75)97)81-69(105)53(34-59(95)96)83-70(106)55(36-89)86-67(103)51(32-42-17-10-9-11-18-42)84-71(107)60(40(7)90)87-64(100)48(24-26-58(93)94)79-63(99)47(77-41(8)91)23-25-57(74)92/h9-13,17-20,35,37-40,46-56,60,76,89-90H,14-16,21-34,36,73H2,1-8H3,(H2,74,92)(H2,75,97)(H,77,91)(H,78,104)(H,79,99)(H,80,98)(H,81,105)(H,82,101)(H,83,106)(H,84,107)(H,85,102)(H,86,103)(H,87,100)(H,93,94)(H,95,96)/t40-,46+,47+,48+,49+,50+,51+,52+,53+,54+,55+,56+,60+/m1/s1. The van der Waals surface area contributed by atoms with Crippen LogP contribution >= 0.6 is 0 Å². The second kappa shape index (κ2) is 44.5. The third-order valence-electron chi connectivity index (χ3n) is 17.6. The lowest BCUT2D eigenvalue weighted by molar-refractivity contribution is -0.142. The molecule has 1 saturated heterocycles. The van der Waals surface area contributed by atoms with Crippen LogP contribution < -0.4 is 75.7 Å². The molecule has 0 unspecified atom stereocenters. The van der Waals surface area contributed by atoms with Crippen molar-refractivity contribution in [1.82, 2.24) is 68.4 Å². The molecule has 4 rings (SSSR count). The van der Waals surface area contributed by atoms with Gasteiger partial charge in [-0.3, -0.25) is 76.7 Å². The van der Waals surface area contributed by atoms with Gasteiger partial charge in [-0.05, 0) is 113 Å². The van der Waals surface area contributed by atoms with Crippen LogP contribution in [0.1, 0.15) is 150 Å². The number of aromatic nitrogens is 1. The number of carbonyl (C=O) groups excluding carboxylic acids is 14. The summed E-state index contributed by atoms with van der Waals surface area (Å²) in [6, 6.07) is -3.82. The average Bonchev–Trinajstić information content (AvgIpc) is 1.62. The van der Waals surface area contributed by atoms with E-state index in [0.29, 0.717) is 47.7 Å². The zero-order chi connectivity index (χ0) is 80.6. The van der Waals surface area contributed by atoms with Crippen molar-refractivity contribution in [3.05, 3.63) is 71.9 Å². The number of carboxylic acids is 2. The number of hydrogen-bond donors (Lipinski definition) is 19. The molecule has 596 valence electrons. The van der Waals surface area contributed by atoms with Gasteiger partial charge in [0, 0.05) is 56.3 Å². The first-order valence-corrected chi connectivity index (χ1v) is 36.1. The maximum atomic E-state index is 15.0. The Hall–Kier alpha value is -10.6. The van der Waals surface area contributed by atoms with Gasteiger partial charge in [0.05, 0.1) is 19.1 Å². The highest BCUT2D eigenvalue weighted by Crippen LogP contribution is 2.23. The lowest BCUT2D eigenvalue weighted by Crippen LogP contribution is -2.62. The zero-order valence-corrected chi connectivity index (χ0v) is 62.2. The number of rotatable bonds is 47. The smallest absolute Gasteiger partial charge is 0.305 e. The Morgan fingerprint density at radius 1 is 0.500 bits per heavy atom. The van der Waals surface area contributed by atoms with Crippen LogP contribution in [0.3, 0.4) is 0 Å². The number of aliphatic carboxylic acids is 2. The van der Waals surface area contributed by atoms with Gasteiger partial charge in [-0.25, -0.2) is 0 Å². The van der Waals surface area contributed by atoms with Gasteiger partial charge in [0.15, 0.2) is 0 Å². The Labute approximate surface area is 625 Å². The number of carbonyl (C=O) groups is 16. The lowest BCUT2D eigenvalue weighted by atomic mass is 9.98. The van der Waals surface area contributed by atoms with Crippen LogP contribution in [-0.2, 0) is 89.6 Å². The molecule has 22 N–H and O–H groups in total. The number of nitrogens with one attached hydrogen (secondary N) is 12. The van der Waals surface area contributed by atoms with Gasteiger partial charge in [-0.15, -0.1) is 0 Å². The van der Waals surface area contributed by atoms with Gasteiger partial charge in [0.1, 0.15) is 72.5 Å². The molecule has 36 nitrogen and oxygen atoms in total. The lowest BCUT2D eigenvalue weighted by Gasteiger charge is -2.31. The molecule has 0 aliphatic carbocycles. The Morgan fingerprint density at radius 2 is 0.944 bits per heavy atom. The molecule has 2 heterocycles. The van der Waals surface area contributed by atoms with Crippen LogP contribution in [-0.4, -0.2) is 223 Å². The molecule has 0 spiro atoms. The number of primary amides is 2. The summed E-state index contributed by atoms with van der Waals surface area (Å²) < 4.78 is 0. The maximum Gasteiger partial charge on any atom is 0.305 e. The van der Waals surface area contributed by atoms with Crippen LogP contribution in [0.25, 0.3) is 10.9 Å². The van der Waals surface area contributed by atoms with Crippen LogP contribution in [0.5, 0.6) is 0 Å². The van der Waals surface area contributed by atoms with Crippen molar-refractivity contribution in [2.45, 2.75) is 230 Å². The van der Waals surface area contributed by atoms with Gasteiger partial charge >= 0.3 is 11.9 Å². The Morgan fingerprint density at radius 3 is 1.47 bits per heavy atom. The number of hydrogen-bond acceptors (Lipinski definition) is 19. The fourth-order valence-electron chi connectivity index (χ4n) is 12.2. The van der Waals surface area contributed by atoms with Crippen molar-refractivity contribution in [3.63, 3.8) is 0 Å². The van der Waals surface area contributed by atoms with E-state index in [1.807, 2.05) is 27.7 Å². The number of para-hydroxylation sites is 1. The second-order valence-electron chi connectivity index (χ2n) is 28.3. The van der Waals surface area contributed by atoms with E-state index in [0.717, 1.165) is 13.8 Å². The monoisotopic (exact) mass is 1520 g/mol. The number of benzene rings is 2. The molecule has 1 aliphatic rings. The van der Waals surface area contributed by atoms with Gasteiger partial charge < -0.3 is 106 Å². The number of amides is 14. The van der Waals surface area contributed by atoms with Crippen molar-refractivity contribution >= 4 is 106 Å². The fraction of sp³-hybridized carbons (Fsp3) is 0.583. The highest BCUT2D eigenvalue weighted by atomic mass is 16.4. The molecular formula is C72H108N16O20. The number of likely N-dealkylation sites (tertiary alicyclic amines) is 1. The van der Waals surface area contributed by atoms with Crippen molar-refractivity contribution in [2.24, 2.45) is 35.0 Å². The molecule has 14 amide bonds. The summed E-state index contributed by atoms with van der Waals surface area (Å²) in [6.07, 6.45) is -2.35. The SMILES string of the molecule is CC(=O)N[C@@H](CCC(N)=O)C(=O)N[C@@H](CCC(=O)O)C(=O)N[C@H](C(=O)N[C@@H](Cc1ccccc1)C(=O)N[C@@H](CO)C(=O)N[C@@H](CC(=O)O)C(=O)N[C@@H](CC(C)C)C(=O)N[C@@H](Cc1c[nH]c2ccccc12)C(=O)N[C@@H](CCCCN)C(=O)N[C@@H](CC(C)C)C(=O)N[C@@H](CC(C)C)C(=O)N1CCC[C@H]1C(N)=O)[C@@H](C)O. The number of aromatic amines is 1. The Kier molecular flexibility index (Phi) is 37.0. The number of fused-ring (bicyclic) bond motifs is 1. The van der Waals surface area contributed by atoms with Crippen molar-refractivity contribution in [2.75, 3.05) is 19.7 Å². The van der Waals surface area contributed by atoms with E-state index in [-0.39, 0.29) is 69.9 Å². The van der Waals surface area contributed by atoms with Crippen LogP contribution in [0.4, 0.5) is 0 Å². The Balaban J connectivity index is 1.63. The molecule has 36 heteroatoms. The van der Waals surface area contributed by atoms with Gasteiger partial charge in [0.25, 0.3) is 0 Å². The van der Waals surface area contributed by atoms with Crippen molar-refractivity contribution in [1.29, 1.82) is 0 Å². The number of nitrogens with two attached hydrogens (primary N) is 3. The minimum atomic E-state index is -2.06. The first-order valence-electron chi connectivity index (χ1n) is 36.1. The largest absolute Gasteiger partial charge is 0.481 e. The van der Waals surface area contributed by atoms with E-state index < -0.39 is 211 Å². The predicted molar refractivity (Wildman–Crippen MR) is 391 cm³/mol. The van der Waals surface area contributed by atoms with E-state index in [4.69, 9.17) is 17.2 Å². The van der Waals surface area contributed by atoms with Crippen molar-refractivity contribution in [3.8, 4) is 0 Å². The maximum absolute atomic E-state index is 15.0. The molecule has 1 aromatic heterocycles. The quantitative estimate of drug-likeness (QED) is 0.0251. The van der Waals surface area contributed by atoms with Crippen LogP contribution in [0.2, 0.25) is 0 Å². The molecule has 0 saturated carbocycles. The number of H-pyrrole nitrogens is 1. The third kappa shape index (κ3) is 30.0. The van der Waals surface area contributed by atoms with E-state index in [9.17, 15) is 97.1 Å². The summed E-state index contributed by atoms with van der Waals surface area (Å²) in [7, 11) is 0. The summed E-state index contributed by atoms with van der Waals surface area (Å²) in [4.78, 5) is 222. The van der Waals surface area contributed by atoms with E-state index in [1.54, 1.807) is 74.6 Å². The minimum absolute atomic E-state index is 0.0174. The first-order chi connectivity index (χ1) is 50.9. The van der Waals surface area contributed by atoms with E-state index >= 15 is 0 Å². The highest BCUT2D eigenvalue weighted by Gasteiger charge is 2.41. The number of aliphatic hydroxyl groups excluding tert-OH is 2. The zero-order valence-electron chi connectivity index (χ0n) is 62.2. The third-order valence-corrected chi connectivity index (χ3v) is 17.6. The highest BCUT2D eigenvalue weighted by molar-refractivity contribution is 6.01. The number of carboxylic acid groups (broad SMARTS) is 2. The summed E-state index contributed by atoms with van der Waals surface area (Å²) >= 11 is 0. The average molecular weight is 1520 g/mol. The van der Waals surface area contributed by atoms with Crippen molar-refractivity contribution < 1.29 is 97.1 Å². The number of unbranched alkanes of at least 4 members (excludes halogenated alkanes) is 1. The molecular weight excluding hydrogens is 1410 g/mol. The minimum Gasteiger partial charge on any atom is -0.481 e. The molecule has 108 heavy (non-hydrogen) atoms. The number of aliphatic hydroxyl groups is 2. The molecule has 0 radical (unpaired) electrons. The Bertz CT molecular complexity index is 3630. The summed E-state index contributed by atoms with van der Waals surface area (Å²) in [6.45, 7) is 12.0. The van der Waals surface area contributed by atoms with Crippen LogP contribution in [0.15, 0.2) is 60.8 Å². The normalized spacial score (nSPS) is 16.1. The summed E-state index contributed by atoms with van der Waals surface area (Å²) in [5.74, 6) is -17.3. The molecule has 1 aliphatic heterocycles. The second-order valence-corrected chi connectivity index (χ2v) is 28.3. The fourth-order valence-corrected chi connectivity index (χ4v) is 12.2. The molecule has 13 atom stereocenters. The molecule has 0 bridgehead atoms.